The molecule has 1 aliphatic heterocycles. The van der Waals surface area contributed by atoms with E-state index in [1.807, 2.05) is 24.3 Å². The Morgan fingerprint density at radius 3 is 2.38 bits per heavy atom. The number of benzene rings is 1. The second-order valence-electron chi connectivity index (χ2n) is 4.54. The number of aliphatic hydroxyl groups is 1. The number of hydrogen-bond acceptors (Lipinski definition) is 3. The zero-order valence-corrected chi connectivity index (χ0v) is 9.60. The SMILES string of the molecule is Nc1ccc([C@@H](O)CN2CCCCC2)cc1. The Kier molecular flexibility index (Phi) is 3.80. The molecule has 0 aliphatic carbocycles. The number of piperidine rings is 1. The van der Waals surface area contributed by atoms with Crippen molar-refractivity contribution in [2.24, 2.45) is 0 Å². The van der Waals surface area contributed by atoms with Crippen LogP contribution >= 0.6 is 0 Å². The van der Waals surface area contributed by atoms with Gasteiger partial charge in [-0.05, 0) is 43.6 Å². The first-order valence-corrected chi connectivity index (χ1v) is 6.01. The van der Waals surface area contributed by atoms with Crippen LogP contribution in [-0.2, 0) is 0 Å². The quantitative estimate of drug-likeness (QED) is 0.763. The van der Waals surface area contributed by atoms with Crippen molar-refractivity contribution in [3.8, 4) is 0 Å². The standard InChI is InChI=1S/C13H20N2O/c14-12-6-4-11(5-7-12)13(16)10-15-8-2-1-3-9-15/h4-7,13,16H,1-3,8-10,14H2/t13-/m0/s1. The summed E-state index contributed by atoms with van der Waals surface area (Å²) in [4.78, 5) is 2.34. The van der Waals surface area contributed by atoms with Gasteiger partial charge in [0.25, 0.3) is 0 Å². The van der Waals surface area contributed by atoms with Crippen molar-refractivity contribution >= 4 is 5.69 Å². The lowest BCUT2D eigenvalue weighted by molar-refractivity contribution is 0.101. The van der Waals surface area contributed by atoms with Gasteiger partial charge < -0.3 is 15.7 Å². The van der Waals surface area contributed by atoms with Gasteiger partial charge in [0, 0.05) is 12.2 Å². The monoisotopic (exact) mass is 220 g/mol. The van der Waals surface area contributed by atoms with E-state index in [0.29, 0.717) is 0 Å². The molecule has 0 unspecified atom stereocenters. The Labute approximate surface area is 96.9 Å². The molecule has 2 rings (SSSR count). The third-order valence-electron chi connectivity index (χ3n) is 3.20. The molecule has 1 aromatic rings. The predicted molar refractivity (Wildman–Crippen MR) is 66.1 cm³/mol. The molecule has 1 saturated heterocycles. The van der Waals surface area contributed by atoms with Gasteiger partial charge in [-0.2, -0.15) is 0 Å². The molecular formula is C13H20N2O. The fourth-order valence-corrected chi connectivity index (χ4v) is 2.21. The topological polar surface area (TPSA) is 49.5 Å². The molecule has 1 aliphatic rings. The van der Waals surface area contributed by atoms with Gasteiger partial charge in [-0.1, -0.05) is 18.6 Å². The fourth-order valence-electron chi connectivity index (χ4n) is 2.21. The van der Waals surface area contributed by atoms with E-state index < -0.39 is 6.10 Å². The van der Waals surface area contributed by atoms with Gasteiger partial charge in [-0.15, -0.1) is 0 Å². The average Bonchev–Trinajstić information content (AvgIpc) is 2.31. The first-order valence-electron chi connectivity index (χ1n) is 6.01. The van der Waals surface area contributed by atoms with Gasteiger partial charge in [-0.25, -0.2) is 0 Å². The molecule has 1 aromatic carbocycles. The number of rotatable bonds is 3. The largest absolute Gasteiger partial charge is 0.399 e. The van der Waals surface area contributed by atoms with Crippen LogP contribution in [0, 0.1) is 0 Å². The zero-order valence-electron chi connectivity index (χ0n) is 9.60. The third kappa shape index (κ3) is 2.97. The van der Waals surface area contributed by atoms with Crippen molar-refractivity contribution in [3.63, 3.8) is 0 Å². The highest BCUT2D eigenvalue weighted by Crippen LogP contribution is 2.18. The summed E-state index contributed by atoms with van der Waals surface area (Å²) in [6.45, 7) is 2.97. The lowest BCUT2D eigenvalue weighted by Gasteiger charge is -2.28. The highest BCUT2D eigenvalue weighted by atomic mass is 16.3. The van der Waals surface area contributed by atoms with Gasteiger partial charge in [0.15, 0.2) is 0 Å². The molecule has 1 heterocycles. The third-order valence-corrected chi connectivity index (χ3v) is 3.20. The molecule has 0 bridgehead atoms. The second-order valence-corrected chi connectivity index (χ2v) is 4.54. The zero-order chi connectivity index (χ0) is 11.4. The first-order chi connectivity index (χ1) is 7.75. The van der Waals surface area contributed by atoms with E-state index in [0.717, 1.165) is 30.9 Å². The summed E-state index contributed by atoms with van der Waals surface area (Å²) in [5.74, 6) is 0. The number of nitrogens with zero attached hydrogens (tertiary/aromatic N) is 1. The Morgan fingerprint density at radius 2 is 1.75 bits per heavy atom. The minimum Gasteiger partial charge on any atom is -0.399 e. The van der Waals surface area contributed by atoms with Crippen LogP contribution in [0.3, 0.4) is 0 Å². The molecule has 0 spiro atoms. The minimum atomic E-state index is -0.390. The number of nitrogens with two attached hydrogens (primary N) is 1. The van der Waals surface area contributed by atoms with Crippen molar-refractivity contribution < 1.29 is 5.11 Å². The molecule has 0 aromatic heterocycles. The molecule has 16 heavy (non-hydrogen) atoms. The van der Waals surface area contributed by atoms with E-state index in [9.17, 15) is 5.11 Å². The van der Waals surface area contributed by atoms with Crippen LogP contribution in [0.25, 0.3) is 0 Å². The van der Waals surface area contributed by atoms with E-state index >= 15 is 0 Å². The van der Waals surface area contributed by atoms with E-state index in [1.54, 1.807) is 0 Å². The maximum Gasteiger partial charge on any atom is 0.0916 e. The lowest BCUT2D eigenvalue weighted by Crippen LogP contribution is -2.33. The van der Waals surface area contributed by atoms with Crippen molar-refractivity contribution in [2.45, 2.75) is 25.4 Å². The number of likely N-dealkylation sites (tertiary alicyclic amines) is 1. The van der Waals surface area contributed by atoms with E-state index in [4.69, 9.17) is 5.73 Å². The molecule has 0 amide bonds. The summed E-state index contributed by atoms with van der Waals surface area (Å²) >= 11 is 0. The van der Waals surface area contributed by atoms with Crippen molar-refractivity contribution in [3.05, 3.63) is 29.8 Å². The maximum absolute atomic E-state index is 10.1. The molecule has 3 N–H and O–H groups in total. The second kappa shape index (κ2) is 5.32. The summed E-state index contributed by atoms with van der Waals surface area (Å²) in [6.07, 6.45) is 3.45. The molecule has 3 nitrogen and oxygen atoms in total. The number of nitrogen functional groups attached to an aromatic ring is 1. The number of β-amino-alcohol motifs (C(OH)–C–C–N with tert-alkyl or cyclic N) is 1. The molecule has 1 atom stereocenters. The van der Waals surface area contributed by atoms with Crippen LogP contribution in [0.4, 0.5) is 5.69 Å². The highest BCUT2D eigenvalue weighted by molar-refractivity contribution is 5.39. The summed E-state index contributed by atoms with van der Waals surface area (Å²) in [6, 6.07) is 7.50. The van der Waals surface area contributed by atoms with Gasteiger partial charge in [-0.3, -0.25) is 0 Å². The Hall–Kier alpha value is -1.06. The predicted octanol–water partition coefficient (Wildman–Crippen LogP) is 1.79. The summed E-state index contributed by atoms with van der Waals surface area (Å²) in [5, 5.41) is 10.1. The summed E-state index contributed by atoms with van der Waals surface area (Å²) < 4.78 is 0. The van der Waals surface area contributed by atoms with Crippen molar-refractivity contribution in [1.29, 1.82) is 0 Å². The van der Waals surface area contributed by atoms with Gasteiger partial charge in [0.1, 0.15) is 0 Å². The number of hydrogen-bond donors (Lipinski definition) is 2. The molecule has 0 radical (unpaired) electrons. The summed E-state index contributed by atoms with van der Waals surface area (Å²) in [7, 11) is 0. The van der Waals surface area contributed by atoms with Crippen LogP contribution in [-0.4, -0.2) is 29.6 Å². The smallest absolute Gasteiger partial charge is 0.0916 e. The Bertz CT molecular complexity index is 317. The van der Waals surface area contributed by atoms with E-state index in [1.165, 1.54) is 19.3 Å². The van der Waals surface area contributed by atoms with Gasteiger partial charge in [0.05, 0.1) is 6.10 Å². The minimum absolute atomic E-state index is 0.390. The van der Waals surface area contributed by atoms with Crippen molar-refractivity contribution in [2.75, 3.05) is 25.4 Å². The lowest BCUT2D eigenvalue weighted by atomic mass is 10.1. The van der Waals surface area contributed by atoms with Crippen LogP contribution in [0.2, 0.25) is 0 Å². The van der Waals surface area contributed by atoms with Crippen molar-refractivity contribution in [1.82, 2.24) is 4.90 Å². The van der Waals surface area contributed by atoms with Gasteiger partial charge >= 0.3 is 0 Å². The van der Waals surface area contributed by atoms with Crippen LogP contribution in [0.15, 0.2) is 24.3 Å². The first kappa shape index (κ1) is 11.4. The highest BCUT2D eigenvalue weighted by Gasteiger charge is 2.15. The molecule has 3 heteroatoms. The van der Waals surface area contributed by atoms with Crippen LogP contribution in [0.5, 0.6) is 0 Å². The average molecular weight is 220 g/mol. The molecule has 1 fully saturated rings. The normalized spacial score (nSPS) is 19.6. The van der Waals surface area contributed by atoms with Gasteiger partial charge in [0.2, 0.25) is 0 Å². The number of aliphatic hydroxyl groups excluding tert-OH is 1. The van der Waals surface area contributed by atoms with E-state index in [-0.39, 0.29) is 0 Å². The van der Waals surface area contributed by atoms with Crippen LogP contribution in [0.1, 0.15) is 30.9 Å². The molecule has 88 valence electrons. The Morgan fingerprint density at radius 1 is 1.12 bits per heavy atom. The van der Waals surface area contributed by atoms with Crippen LogP contribution < -0.4 is 5.73 Å². The molecular weight excluding hydrogens is 200 g/mol. The summed E-state index contributed by atoms with van der Waals surface area (Å²) in [5.41, 5.74) is 7.32. The number of anilines is 1. The molecule has 0 saturated carbocycles. The Balaban J connectivity index is 1.91. The maximum atomic E-state index is 10.1. The fraction of sp³-hybridized carbons (Fsp3) is 0.538. The van der Waals surface area contributed by atoms with E-state index in [2.05, 4.69) is 4.90 Å².